The third-order valence-corrected chi connectivity index (χ3v) is 3.45. The lowest BCUT2D eigenvalue weighted by Gasteiger charge is -2.23. The van der Waals surface area contributed by atoms with Gasteiger partial charge in [-0.15, -0.1) is 0 Å². The molecule has 0 aliphatic heterocycles. The zero-order valence-electron chi connectivity index (χ0n) is 16.3. The van der Waals surface area contributed by atoms with Crippen LogP contribution in [0.25, 0.3) is 0 Å². The van der Waals surface area contributed by atoms with Gasteiger partial charge in [-0.25, -0.2) is 4.79 Å². The van der Waals surface area contributed by atoms with Crippen LogP contribution in [-0.2, 0) is 14.3 Å². The third-order valence-electron chi connectivity index (χ3n) is 3.45. The van der Waals surface area contributed by atoms with Crippen molar-refractivity contribution < 1.29 is 19.1 Å². The van der Waals surface area contributed by atoms with Gasteiger partial charge in [-0.05, 0) is 57.9 Å². The van der Waals surface area contributed by atoms with Gasteiger partial charge in [-0.3, -0.25) is 9.59 Å². The van der Waals surface area contributed by atoms with E-state index in [0.29, 0.717) is 11.3 Å². The van der Waals surface area contributed by atoms with Gasteiger partial charge in [0.25, 0.3) is 0 Å². The van der Waals surface area contributed by atoms with Gasteiger partial charge in [0.15, 0.2) is 0 Å². The summed E-state index contributed by atoms with van der Waals surface area (Å²) in [6.07, 6.45) is 0. The Bertz CT molecular complexity index is 646. The molecule has 0 fully saturated rings. The average Bonchev–Trinajstić information content (AvgIpc) is 2.50. The molecular formula is C19H29N3O4. The third kappa shape index (κ3) is 6.84. The number of nitrogens with two attached hydrogens (primary N) is 1. The molecule has 144 valence electrons. The molecule has 7 heteroatoms. The first kappa shape index (κ1) is 21.6. The zero-order chi connectivity index (χ0) is 20.1. The van der Waals surface area contributed by atoms with Crippen LogP contribution in [0, 0.1) is 5.92 Å². The van der Waals surface area contributed by atoms with Gasteiger partial charge in [0, 0.05) is 5.69 Å². The van der Waals surface area contributed by atoms with Crippen molar-refractivity contribution in [3.63, 3.8) is 0 Å². The second kappa shape index (κ2) is 8.80. The molecule has 2 amide bonds. The van der Waals surface area contributed by atoms with E-state index in [1.807, 2.05) is 13.8 Å². The van der Waals surface area contributed by atoms with E-state index in [0.717, 1.165) is 0 Å². The summed E-state index contributed by atoms with van der Waals surface area (Å²) in [5.41, 5.74) is 5.87. The Labute approximate surface area is 154 Å². The van der Waals surface area contributed by atoms with Gasteiger partial charge in [0.05, 0.1) is 11.6 Å². The molecule has 1 rings (SSSR count). The Kier molecular flexibility index (Phi) is 7.32. The molecule has 1 aromatic carbocycles. The number of hydrogen-bond donors (Lipinski definition) is 3. The largest absolute Gasteiger partial charge is 0.456 e. The van der Waals surface area contributed by atoms with Crippen LogP contribution < -0.4 is 16.4 Å². The summed E-state index contributed by atoms with van der Waals surface area (Å²) in [6.45, 7) is 10.6. The number of nitrogens with one attached hydrogen (secondary N) is 2. The number of carbonyl (C=O) groups excluding carboxylic acids is 3. The van der Waals surface area contributed by atoms with Gasteiger partial charge in [-0.1, -0.05) is 13.8 Å². The molecule has 7 nitrogen and oxygen atoms in total. The summed E-state index contributed by atoms with van der Waals surface area (Å²) < 4.78 is 5.29. The number of benzene rings is 1. The SMILES string of the molecule is CC(C)C(NC(=O)[C@H](C)N)C(=O)Nc1ccc(C(=O)OC(C)(C)C)cc1. The smallest absolute Gasteiger partial charge is 0.338 e. The van der Waals surface area contributed by atoms with E-state index in [-0.39, 0.29) is 17.7 Å². The van der Waals surface area contributed by atoms with Crippen molar-refractivity contribution in [2.45, 2.75) is 59.2 Å². The van der Waals surface area contributed by atoms with Gasteiger partial charge in [0.2, 0.25) is 11.8 Å². The Balaban J connectivity index is 2.79. The van der Waals surface area contributed by atoms with E-state index in [9.17, 15) is 14.4 Å². The van der Waals surface area contributed by atoms with Crippen LogP contribution in [0.3, 0.4) is 0 Å². The molecule has 1 aromatic rings. The molecule has 4 N–H and O–H groups in total. The number of hydrogen-bond acceptors (Lipinski definition) is 5. The monoisotopic (exact) mass is 363 g/mol. The first-order chi connectivity index (χ1) is 11.9. The fourth-order valence-electron chi connectivity index (χ4n) is 2.07. The quantitative estimate of drug-likeness (QED) is 0.670. The number of esters is 1. The second-order valence-electron chi connectivity index (χ2n) is 7.59. The maximum absolute atomic E-state index is 12.5. The highest BCUT2D eigenvalue weighted by Gasteiger charge is 2.25. The van der Waals surface area contributed by atoms with Crippen LogP contribution in [0.1, 0.15) is 51.9 Å². The van der Waals surface area contributed by atoms with Gasteiger partial charge < -0.3 is 21.1 Å². The normalized spacial score (nSPS) is 13.7. The van der Waals surface area contributed by atoms with Crippen LogP contribution in [0.15, 0.2) is 24.3 Å². The standard InChI is InChI=1S/C19H29N3O4/c1-11(2)15(22-16(23)12(3)20)17(24)21-14-9-7-13(8-10-14)18(25)26-19(4,5)6/h7-12,15H,20H2,1-6H3,(H,21,24)(H,22,23)/t12-,15?/m0/s1. The van der Waals surface area contributed by atoms with Crippen LogP contribution in [0.4, 0.5) is 5.69 Å². The predicted octanol–water partition coefficient (Wildman–Crippen LogP) is 2.07. The van der Waals surface area contributed by atoms with Crippen molar-refractivity contribution >= 4 is 23.5 Å². The lowest BCUT2D eigenvalue weighted by Crippen LogP contribution is -2.51. The highest BCUT2D eigenvalue weighted by atomic mass is 16.6. The van der Waals surface area contributed by atoms with Gasteiger partial charge in [-0.2, -0.15) is 0 Å². The Morgan fingerprint density at radius 2 is 1.54 bits per heavy atom. The van der Waals surface area contributed by atoms with Crippen molar-refractivity contribution in [1.82, 2.24) is 5.32 Å². The zero-order valence-corrected chi connectivity index (χ0v) is 16.3. The number of rotatable bonds is 6. The summed E-state index contributed by atoms with van der Waals surface area (Å²) in [5, 5.41) is 5.38. The van der Waals surface area contributed by atoms with Gasteiger partial charge in [0.1, 0.15) is 11.6 Å². The Hall–Kier alpha value is -2.41. The molecule has 0 spiro atoms. The van der Waals surface area contributed by atoms with E-state index in [1.165, 1.54) is 0 Å². The van der Waals surface area contributed by atoms with E-state index >= 15 is 0 Å². The Morgan fingerprint density at radius 1 is 1.00 bits per heavy atom. The molecule has 0 saturated heterocycles. The molecule has 1 unspecified atom stereocenters. The number of carbonyl (C=O) groups is 3. The number of anilines is 1. The van der Waals surface area contributed by atoms with E-state index in [1.54, 1.807) is 52.0 Å². The molecule has 0 heterocycles. The maximum Gasteiger partial charge on any atom is 0.338 e. The molecule has 0 saturated carbocycles. The van der Waals surface area contributed by atoms with Crippen LogP contribution in [-0.4, -0.2) is 35.5 Å². The first-order valence-corrected chi connectivity index (χ1v) is 8.61. The lowest BCUT2D eigenvalue weighted by molar-refractivity contribution is -0.127. The molecule has 2 atom stereocenters. The van der Waals surface area contributed by atoms with Crippen molar-refractivity contribution in [3.05, 3.63) is 29.8 Å². The fourth-order valence-corrected chi connectivity index (χ4v) is 2.07. The molecule has 0 aromatic heterocycles. The first-order valence-electron chi connectivity index (χ1n) is 8.61. The van der Waals surface area contributed by atoms with E-state index in [4.69, 9.17) is 10.5 Å². The van der Waals surface area contributed by atoms with Crippen molar-refractivity contribution in [2.24, 2.45) is 11.7 Å². The summed E-state index contributed by atoms with van der Waals surface area (Å²) in [5.74, 6) is -1.28. The second-order valence-corrected chi connectivity index (χ2v) is 7.59. The average molecular weight is 363 g/mol. The van der Waals surface area contributed by atoms with Crippen molar-refractivity contribution in [2.75, 3.05) is 5.32 Å². The van der Waals surface area contributed by atoms with E-state index < -0.39 is 23.7 Å². The minimum absolute atomic E-state index is 0.112. The summed E-state index contributed by atoms with van der Waals surface area (Å²) in [4.78, 5) is 36.2. The molecular weight excluding hydrogens is 334 g/mol. The van der Waals surface area contributed by atoms with E-state index in [2.05, 4.69) is 10.6 Å². The maximum atomic E-state index is 12.5. The minimum atomic E-state index is -0.709. The van der Waals surface area contributed by atoms with Crippen molar-refractivity contribution in [1.29, 1.82) is 0 Å². The topological polar surface area (TPSA) is 111 Å². The highest BCUT2D eigenvalue weighted by Crippen LogP contribution is 2.15. The van der Waals surface area contributed by atoms with Crippen molar-refractivity contribution in [3.8, 4) is 0 Å². The molecule has 0 aliphatic rings. The highest BCUT2D eigenvalue weighted by molar-refractivity contribution is 5.98. The molecule has 0 aliphatic carbocycles. The lowest BCUT2D eigenvalue weighted by atomic mass is 10.0. The van der Waals surface area contributed by atoms with Crippen LogP contribution in [0.5, 0.6) is 0 Å². The summed E-state index contributed by atoms with van der Waals surface area (Å²) in [7, 11) is 0. The summed E-state index contributed by atoms with van der Waals surface area (Å²) >= 11 is 0. The predicted molar refractivity (Wildman–Crippen MR) is 101 cm³/mol. The summed E-state index contributed by atoms with van der Waals surface area (Å²) in [6, 6.07) is 4.98. The molecule has 26 heavy (non-hydrogen) atoms. The van der Waals surface area contributed by atoms with Crippen LogP contribution >= 0.6 is 0 Å². The minimum Gasteiger partial charge on any atom is -0.456 e. The number of amides is 2. The Morgan fingerprint density at radius 3 is 1.96 bits per heavy atom. The number of ether oxygens (including phenoxy) is 1. The fraction of sp³-hybridized carbons (Fsp3) is 0.526. The molecule has 0 radical (unpaired) electrons. The molecule has 0 bridgehead atoms. The van der Waals surface area contributed by atoms with Gasteiger partial charge >= 0.3 is 5.97 Å². The van der Waals surface area contributed by atoms with Crippen LogP contribution in [0.2, 0.25) is 0 Å².